The maximum atomic E-state index is 13.1. The van der Waals surface area contributed by atoms with E-state index in [1.165, 1.54) is 0 Å². The molecule has 0 aliphatic rings. The molecule has 1 N–H and O–H groups in total. The number of rotatable bonds is 7. The van der Waals surface area contributed by atoms with E-state index in [2.05, 4.69) is 26.1 Å². The number of hydrogen-bond acceptors (Lipinski definition) is 3. The Bertz CT molecular complexity index is 855. The molecule has 2 rings (SSSR count). The lowest BCUT2D eigenvalue weighted by Gasteiger charge is -2.29. The number of benzene rings is 2. The fourth-order valence-electron chi connectivity index (χ4n) is 3.20. The molecule has 0 saturated carbocycles. The molecule has 2 aromatic carbocycles. The van der Waals surface area contributed by atoms with E-state index in [-0.39, 0.29) is 23.8 Å². The first kappa shape index (κ1) is 22.5. The lowest BCUT2D eigenvalue weighted by Crippen LogP contribution is -2.48. The summed E-state index contributed by atoms with van der Waals surface area (Å²) in [6.07, 6.45) is 0. The number of nitrogens with zero attached hydrogens (tertiary/aromatic N) is 1. The van der Waals surface area contributed by atoms with Crippen LogP contribution in [0, 0.1) is 6.92 Å². The number of hydrogen-bond donors (Lipinski definition) is 1. The SMILES string of the molecule is CNC(=O)C(C)N(Cc1ccccc1C)C(=O)COc1ccccc1C(C)(C)C. The maximum absolute atomic E-state index is 13.1. The second-order valence-corrected chi connectivity index (χ2v) is 8.27. The molecule has 5 heteroatoms. The molecule has 0 saturated heterocycles. The highest BCUT2D eigenvalue weighted by Crippen LogP contribution is 2.31. The second-order valence-electron chi connectivity index (χ2n) is 8.27. The van der Waals surface area contributed by atoms with Crippen molar-refractivity contribution in [3.8, 4) is 5.75 Å². The zero-order valence-corrected chi connectivity index (χ0v) is 18.3. The van der Waals surface area contributed by atoms with Gasteiger partial charge >= 0.3 is 0 Å². The summed E-state index contributed by atoms with van der Waals surface area (Å²) in [6, 6.07) is 15.0. The van der Waals surface area contributed by atoms with Crippen molar-refractivity contribution in [1.29, 1.82) is 0 Å². The van der Waals surface area contributed by atoms with Crippen molar-refractivity contribution in [2.75, 3.05) is 13.7 Å². The van der Waals surface area contributed by atoms with Gasteiger partial charge in [-0.05, 0) is 42.0 Å². The van der Waals surface area contributed by atoms with Crippen LogP contribution in [-0.4, -0.2) is 36.4 Å². The Balaban J connectivity index is 2.22. The fourth-order valence-corrected chi connectivity index (χ4v) is 3.20. The highest BCUT2D eigenvalue weighted by molar-refractivity contribution is 5.87. The van der Waals surface area contributed by atoms with Gasteiger partial charge in [-0.1, -0.05) is 63.2 Å². The van der Waals surface area contributed by atoms with Gasteiger partial charge in [-0.15, -0.1) is 0 Å². The lowest BCUT2D eigenvalue weighted by atomic mass is 9.86. The molecule has 0 aliphatic carbocycles. The van der Waals surface area contributed by atoms with Crippen LogP contribution in [-0.2, 0) is 21.5 Å². The fraction of sp³-hybridized carbons (Fsp3) is 0.417. The van der Waals surface area contributed by atoms with Crippen molar-refractivity contribution < 1.29 is 14.3 Å². The Labute approximate surface area is 174 Å². The number of likely N-dealkylation sites (N-methyl/N-ethyl adjacent to an activating group) is 1. The van der Waals surface area contributed by atoms with Gasteiger partial charge < -0.3 is 15.0 Å². The van der Waals surface area contributed by atoms with E-state index < -0.39 is 6.04 Å². The molecule has 0 aromatic heterocycles. The van der Waals surface area contributed by atoms with Crippen LogP contribution in [0.5, 0.6) is 5.75 Å². The molecule has 1 unspecified atom stereocenters. The number of carbonyl (C=O) groups excluding carboxylic acids is 2. The quantitative estimate of drug-likeness (QED) is 0.774. The van der Waals surface area contributed by atoms with Crippen LogP contribution < -0.4 is 10.1 Å². The molecule has 1 atom stereocenters. The number of para-hydroxylation sites is 1. The monoisotopic (exact) mass is 396 g/mol. The molecule has 29 heavy (non-hydrogen) atoms. The maximum Gasteiger partial charge on any atom is 0.261 e. The summed E-state index contributed by atoms with van der Waals surface area (Å²) < 4.78 is 5.91. The number of carbonyl (C=O) groups is 2. The van der Waals surface area contributed by atoms with Crippen molar-refractivity contribution in [1.82, 2.24) is 10.2 Å². The molecule has 0 fully saturated rings. The molecule has 0 radical (unpaired) electrons. The van der Waals surface area contributed by atoms with Gasteiger partial charge in [0.15, 0.2) is 6.61 Å². The van der Waals surface area contributed by atoms with Crippen molar-refractivity contribution in [3.05, 3.63) is 65.2 Å². The summed E-state index contributed by atoms with van der Waals surface area (Å²) in [5.41, 5.74) is 3.02. The van der Waals surface area contributed by atoms with E-state index in [1.807, 2.05) is 55.5 Å². The van der Waals surface area contributed by atoms with Crippen molar-refractivity contribution >= 4 is 11.8 Å². The van der Waals surface area contributed by atoms with Crippen LogP contribution in [0.3, 0.4) is 0 Å². The predicted octanol–water partition coefficient (Wildman–Crippen LogP) is 3.83. The molecule has 2 amide bonds. The van der Waals surface area contributed by atoms with Gasteiger partial charge in [-0.2, -0.15) is 0 Å². The lowest BCUT2D eigenvalue weighted by molar-refractivity contribution is -0.142. The van der Waals surface area contributed by atoms with Crippen molar-refractivity contribution in [3.63, 3.8) is 0 Å². The molecule has 0 spiro atoms. The smallest absolute Gasteiger partial charge is 0.261 e. The summed E-state index contributed by atoms with van der Waals surface area (Å²) in [4.78, 5) is 26.9. The van der Waals surface area contributed by atoms with Gasteiger partial charge in [0.2, 0.25) is 5.91 Å². The zero-order valence-electron chi connectivity index (χ0n) is 18.3. The van der Waals surface area contributed by atoms with E-state index >= 15 is 0 Å². The highest BCUT2D eigenvalue weighted by Gasteiger charge is 2.27. The Hall–Kier alpha value is -2.82. The topological polar surface area (TPSA) is 58.6 Å². The average molecular weight is 397 g/mol. The van der Waals surface area contributed by atoms with E-state index in [0.29, 0.717) is 12.3 Å². The van der Waals surface area contributed by atoms with Crippen LogP contribution in [0.4, 0.5) is 0 Å². The molecule has 156 valence electrons. The minimum absolute atomic E-state index is 0.101. The first-order chi connectivity index (χ1) is 13.6. The van der Waals surface area contributed by atoms with Crippen LogP contribution in [0.25, 0.3) is 0 Å². The average Bonchev–Trinajstić information content (AvgIpc) is 2.69. The summed E-state index contributed by atoms with van der Waals surface area (Å²) in [6.45, 7) is 10.3. The number of amides is 2. The molecule has 5 nitrogen and oxygen atoms in total. The van der Waals surface area contributed by atoms with Gasteiger partial charge in [0.25, 0.3) is 5.91 Å². The summed E-state index contributed by atoms with van der Waals surface area (Å²) >= 11 is 0. The third-order valence-electron chi connectivity index (χ3n) is 5.06. The molecule has 2 aromatic rings. The van der Waals surface area contributed by atoms with Gasteiger partial charge in [-0.25, -0.2) is 0 Å². The molecular weight excluding hydrogens is 364 g/mol. The van der Waals surface area contributed by atoms with Crippen LogP contribution in [0.15, 0.2) is 48.5 Å². The molecular formula is C24H32N2O3. The van der Waals surface area contributed by atoms with Crippen LogP contribution in [0.1, 0.15) is 44.4 Å². The Kier molecular flexibility index (Phi) is 7.43. The number of aryl methyl sites for hydroxylation is 1. The minimum atomic E-state index is -0.603. The predicted molar refractivity (Wildman–Crippen MR) is 116 cm³/mol. The molecule has 0 heterocycles. The minimum Gasteiger partial charge on any atom is -0.483 e. The Morgan fingerprint density at radius 1 is 1.07 bits per heavy atom. The van der Waals surface area contributed by atoms with E-state index in [9.17, 15) is 9.59 Å². The van der Waals surface area contributed by atoms with Crippen molar-refractivity contribution in [2.45, 2.75) is 52.6 Å². The Morgan fingerprint density at radius 3 is 2.31 bits per heavy atom. The van der Waals surface area contributed by atoms with E-state index in [0.717, 1.165) is 16.7 Å². The number of ether oxygens (including phenoxy) is 1. The first-order valence-electron chi connectivity index (χ1n) is 9.93. The van der Waals surface area contributed by atoms with Gasteiger partial charge in [0, 0.05) is 13.6 Å². The Morgan fingerprint density at radius 2 is 1.69 bits per heavy atom. The van der Waals surface area contributed by atoms with Crippen LogP contribution >= 0.6 is 0 Å². The zero-order chi connectivity index (χ0) is 21.6. The summed E-state index contributed by atoms with van der Waals surface area (Å²) in [5, 5.41) is 2.63. The summed E-state index contributed by atoms with van der Waals surface area (Å²) in [7, 11) is 1.57. The normalized spacial score (nSPS) is 12.2. The van der Waals surface area contributed by atoms with Gasteiger partial charge in [-0.3, -0.25) is 9.59 Å². The first-order valence-corrected chi connectivity index (χ1v) is 9.93. The van der Waals surface area contributed by atoms with E-state index in [1.54, 1.807) is 18.9 Å². The van der Waals surface area contributed by atoms with E-state index in [4.69, 9.17) is 4.74 Å². The van der Waals surface area contributed by atoms with Crippen LogP contribution in [0.2, 0.25) is 0 Å². The second kappa shape index (κ2) is 9.59. The third-order valence-corrected chi connectivity index (χ3v) is 5.06. The number of nitrogens with one attached hydrogen (secondary N) is 1. The highest BCUT2D eigenvalue weighted by atomic mass is 16.5. The third kappa shape index (κ3) is 5.83. The largest absolute Gasteiger partial charge is 0.483 e. The standard InChI is InChI=1S/C24H32N2O3/c1-17-11-7-8-12-19(17)15-26(18(2)23(28)25-6)22(27)16-29-21-14-10-9-13-20(21)24(3,4)5/h7-14,18H,15-16H2,1-6H3,(H,25,28). The van der Waals surface area contributed by atoms with Gasteiger partial charge in [0.1, 0.15) is 11.8 Å². The summed E-state index contributed by atoms with van der Waals surface area (Å²) in [5.74, 6) is 0.256. The van der Waals surface area contributed by atoms with Crippen molar-refractivity contribution in [2.24, 2.45) is 0 Å². The molecule has 0 aliphatic heterocycles. The molecule has 0 bridgehead atoms. The van der Waals surface area contributed by atoms with Gasteiger partial charge in [0.05, 0.1) is 0 Å².